The number of hydrogen-bond donors (Lipinski definition) is 0. The molecule has 0 radical (unpaired) electrons. The van der Waals surface area contributed by atoms with E-state index in [-0.39, 0.29) is 5.82 Å². The minimum absolute atomic E-state index is 0.285. The summed E-state index contributed by atoms with van der Waals surface area (Å²) in [6, 6.07) is 8.23. The molecule has 0 bridgehead atoms. The van der Waals surface area contributed by atoms with Gasteiger partial charge in [-0.1, -0.05) is 0 Å². The summed E-state index contributed by atoms with van der Waals surface area (Å²) >= 11 is 0. The average Bonchev–Trinajstić information content (AvgIpc) is 2.89. The molecule has 17 heavy (non-hydrogen) atoms. The summed E-state index contributed by atoms with van der Waals surface area (Å²) < 4.78 is 14.5. The van der Waals surface area contributed by atoms with Crippen LogP contribution in [-0.2, 0) is 12.8 Å². The Morgan fingerprint density at radius 1 is 1.24 bits per heavy atom. The van der Waals surface area contributed by atoms with E-state index >= 15 is 0 Å². The van der Waals surface area contributed by atoms with Gasteiger partial charge < -0.3 is 0 Å². The highest BCUT2D eigenvalue weighted by Crippen LogP contribution is 2.26. The number of nitrogens with zero attached hydrogens (tertiary/aromatic N) is 3. The molecule has 3 rings (SSSR count). The van der Waals surface area contributed by atoms with Crippen LogP contribution in [0.5, 0.6) is 0 Å². The lowest BCUT2D eigenvalue weighted by atomic mass is 10.2. The zero-order valence-electron chi connectivity index (χ0n) is 9.15. The van der Waals surface area contributed by atoms with Gasteiger partial charge in [-0.25, -0.2) is 9.07 Å². The molecule has 0 saturated heterocycles. The van der Waals surface area contributed by atoms with Gasteiger partial charge in [0.1, 0.15) is 17.6 Å². The Hall–Kier alpha value is -2.15. The SMILES string of the molecule is N#Cc1c2c(nn1-c1ccc(F)cc1)CCC2. The average molecular weight is 227 g/mol. The summed E-state index contributed by atoms with van der Waals surface area (Å²) in [5.41, 5.74) is 3.38. The van der Waals surface area contributed by atoms with E-state index in [2.05, 4.69) is 11.2 Å². The van der Waals surface area contributed by atoms with Crippen molar-refractivity contribution in [3.8, 4) is 11.8 Å². The molecule has 0 fully saturated rings. The normalized spacial score (nSPS) is 13.4. The summed E-state index contributed by atoms with van der Waals surface area (Å²) in [6.45, 7) is 0. The van der Waals surface area contributed by atoms with Gasteiger partial charge in [0.05, 0.1) is 11.4 Å². The Bertz CT molecular complexity index is 605. The maximum absolute atomic E-state index is 12.9. The van der Waals surface area contributed by atoms with Gasteiger partial charge in [0.25, 0.3) is 0 Å². The molecular weight excluding hydrogens is 217 g/mol. The van der Waals surface area contributed by atoms with Gasteiger partial charge in [-0.15, -0.1) is 0 Å². The van der Waals surface area contributed by atoms with Crippen molar-refractivity contribution in [1.29, 1.82) is 5.26 Å². The number of aryl methyl sites for hydroxylation is 1. The second kappa shape index (κ2) is 3.70. The third-order valence-corrected chi connectivity index (χ3v) is 3.08. The number of hydrogen-bond acceptors (Lipinski definition) is 2. The molecule has 0 aliphatic heterocycles. The van der Waals surface area contributed by atoms with Crippen molar-refractivity contribution in [3.63, 3.8) is 0 Å². The molecule has 0 atom stereocenters. The van der Waals surface area contributed by atoms with Crippen LogP contribution in [0.15, 0.2) is 24.3 Å². The fourth-order valence-electron chi connectivity index (χ4n) is 2.28. The first-order chi connectivity index (χ1) is 8.29. The van der Waals surface area contributed by atoms with E-state index in [1.54, 1.807) is 16.8 Å². The second-order valence-electron chi connectivity index (χ2n) is 4.13. The minimum Gasteiger partial charge on any atom is -0.222 e. The van der Waals surface area contributed by atoms with Crippen LogP contribution in [0, 0.1) is 17.1 Å². The first kappa shape index (κ1) is 10.0. The molecule has 4 heteroatoms. The first-order valence-electron chi connectivity index (χ1n) is 5.56. The molecule has 1 aliphatic rings. The molecule has 84 valence electrons. The quantitative estimate of drug-likeness (QED) is 0.750. The lowest BCUT2D eigenvalue weighted by Gasteiger charge is -2.03. The van der Waals surface area contributed by atoms with E-state index < -0.39 is 0 Å². The first-order valence-corrected chi connectivity index (χ1v) is 5.56. The number of nitriles is 1. The van der Waals surface area contributed by atoms with Crippen LogP contribution < -0.4 is 0 Å². The molecule has 0 unspecified atom stereocenters. The molecule has 0 spiro atoms. The lowest BCUT2D eigenvalue weighted by molar-refractivity contribution is 0.627. The molecule has 0 saturated carbocycles. The van der Waals surface area contributed by atoms with Gasteiger partial charge in [-0.2, -0.15) is 10.4 Å². The third kappa shape index (κ3) is 1.51. The molecule has 1 aromatic heterocycles. The van der Waals surface area contributed by atoms with Gasteiger partial charge in [-0.3, -0.25) is 0 Å². The smallest absolute Gasteiger partial charge is 0.147 e. The number of fused-ring (bicyclic) bond motifs is 1. The maximum atomic E-state index is 12.9. The van der Waals surface area contributed by atoms with Gasteiger partial charge in [0.15, 0.2) is 0 Å². The summed E-state index contributed by atoms with van der Waals surface area (Å²) in [5, 5.41) is 13.6. The van der Waals surface area contributed by atoms with Crippen LogP contribution in [0.2, 0.25) is 0 Å². The summed E-state index contributed by atoms with van der Waals surface area (Å²) in [4.78, 5) is 0. The highest BCUT2D eigenvalue weighted by Gasteiger charge is 2.22. The molecule has 2 aromatic rings. The Kier molecular flexibility index (Phi) is 2.19. The zero-order valence-corrected chi connectivity index (χ0v) is 9.15. The van der Waals surface area contributed by atoms with Crippen molar-refractivity contribution in [2.45, 2.75) is 19.3 Å². The number of benzene rings is 1. The fourth-order valence-corrected chi connectivity index (χ4v) is 2.28. The van der Waals surface area contributed by atoms with Crippen LogP contribution in [0.1, 0.15) is 23.4 Å². The molecule has 0 N–H and O–H groups in total. The monoisotopic (exact) mass is 227 g/mol. The zero-order chi connectivity index (χ0) is 11.8. The van der Waals surface area contributed by atoms with E-state index in [1.165, 1.54) is 12.1 Å². The largest absolute Gasteiger partial charge is 0.222 e. The Balaban J connectivity index is 2.16. The Labute approximate surface area is 98.1 Å². The van der Waals surface area contributed by atoms with Crippen LogP contribution in [0.25, 0.3) is 5.69 Å². The minimum atomic E-state index is -0.285. The standard InChI is InChI=1S/C13H10FN3/c14-9-4-6-10(7-5-9)17-13(8-15)11-2-1-3-12(11)16-17/h4-7H,1-3H2. The molecular formula is C13H10FN3. The third-order valence-electron chi connectivity index (χ3n) is 3.08. The molecule has 0 amide bonds. The second-order valence-corrected chi connectivity index (χ2v) is 4.13. The van der Waals surface area contributed by atoms with E-state index in [1.807, 2.05) is 0 Å². The van der Waals surface area contributed by atoms with E-state index in [9.17, 15) is 9.65 Å². The highest BCUT2D eigenvalue weighted by atomic mass is 19.1. The summed E-state index contributed by atoms with van der Waals surface area (Å²) in [6.07, 6.45) is 2.91. The van der Waals surface area contributed by atoms with E-state index in [4.69, 9.17) is 0 Å². The predicted molar refractivity (Wildman–Crippen MR) is 60.3 cm³/mol. The fraction of sp³-hybridized carbons (Fsp3) is 0.231. The van der Waals surface area contributed by atoms with E-state index in [0.29, 0.717) is 5.69 Å². The van der Waals surface area contributed by atoms with Crippen molar-refractivity contribution in [3.05, 3.63) is 47.0 Å². The molecule has 1 aromatic carbocycles. The predicted octanol–water partition coefficient (Wildman–Crippen LogP) is 2.37. The van der Waals surface area contributed by atoms with Crippen LogP contribution >= 0.6 is 0 Å². The van der Waals surface area contributed by atoms with Crippen molar-refractivity contribution in [1.82, 2.24) is 9.78 Å². The topological polar surface area (TPSA) is 41.6 Å². The van der Waals surface area contributed by atoms with Crippen LogP contribution in [0.4, 0.5) is 4.39 Å². The van der Waals surface area contributed by atoms with Crippen molar-refractivity contribution >= 4 is 0 Å². The highest BCUT2D eigenvalue weighted by molar-refractivity contribution is 5.45. The van der Waals surface area contributed by atoms with Crippen molar-refractivity contribution in [2.75, 3.05) is 0 Å². The Morgan fingerprint density at radius 3 is 2.71 bits per heavy atom. The van der Waals surface area contributed by atoms with Crippen LogP contribution in [0.3, 0.4) is 0 Å². The Morgan fingerprint density at radius 2 is 2.00 bits per heavy atom. The lowest BCUT2D eigenvalue weighted by Crippen LogP contribution is -2.01. The van der Waals surface area contributed by atoms with Gasteiger partial charge in [0, 0.05) is 5.56 Å². The van der Waals surface area contributed by atoms with Gasteiger partial charge in [0.2, 0.25) is 0 Å². The molecule has 1 aliphatic carbocycles. The molecule has 3 nitrogen and oxygen atoms in total. The van der Waals surface area contributed by atoms with Crippen molar-refractivity contribution in [2.24, 2.45) is 0 Å². The van der Waals surface area contributed by atoms with Crippen LogP contribution in [-0.4, -0.2) is 9.78 Å². The molecule has 1 heterocycles. The number of aromatic nitrogens is 2. The van der Waals surface area contributed by atoms with E-state index in [0.717, 1.165) is 36.2 Å². The summed E-state index contributed by atoms with van der Waals surface area (Å²) in [7, 11) is 0. The number of rotatable bonds is 1. The van der Waals surface area contributed by atoms with Gasteiger partial charge in [-0.05, 0) is 43.5 Å². The summed E-state index contributed by atoms with van der Waals surface area (Å²) in [5.74, 6) is -0.285. The van der Waals surface area contributed by atoms with Crippen molar-refractivity contribution < 1.29 is 4.39 Å². The van der Waals surface area contributed by atoms with Gasteiger partial charge >= 0.3 is 0 Å². The number of halogens is 1. The maximum Gasteiger partial charge on any atom is 0.147 e.